The minimum Gasteiger partial charge on any atom is -0.386 e. The summed E-state index contributed by atoms with van der Waals surface area (Å²) < 4.78 is 0. The van der Waals surface area contributed by atoms with Gasteiger partial charge >= 0.3 is 0 Å². The van der Waals surface area contributed by atoms with Crippen LogP contribution in [0.1, 0.15) is 24.3 Å². The number of likely N-dealkylation sites (tertiary alicyclic amines) is 1. The van der Waals surface area contributed by atoms with Crippen molar-refractivity contribution in [1.82, 2.24) is 9.88 Å². The monoisotopic (exact) mass is 220 g/mol. The lowest BCUT2D eigenvalue weighted by Gasteiger charge is -2.48. The van der Waals surface area contributed by atoms with Gasteiger partial charge in [-0.3, -0.25) is 9.78 Å². The van der Waals surface area contributed by atoms with Gasteiger partial charge in [-0.05, 0) is 18.1 Å². The number of amides is 1. The highest BCUT2D eigenvalue weighted by atomic mass is 16.3. The van der Waals surface area contributed by atoms with Crippen molar-refractivity contribution in [2.75, 3.05) is 13.1 Å². The van der Waals surface area contributed by atoms with Crippen molar-refractivity contribution in [3.63, 3.8) is 0 Å². The number of hydrogen-bond acceptors (Lipinski definition) is 3. The summed E-state index contributed by atoms with van der Waals surface area (Å²) in [6, 6.07) is 5.25. The number of carbonyl (C=O) groups excluding carboxylic acids is 1. The molecule has 1 aromatic heterocycles. The van der Waals surface area contributed by atoms with Crippen LogP contribution in [0.15, 0.2) is 24.4 Å². The van der Waals surface area contributed by atoms with Crippen LogP contribution in [-0.4, -0.2) is 39.6 Å². The van der Waals surface area contributed by atoms with Gasteiger partial charge in [-0.15, -0.1) is 0 Å². The molecule has 0 aromatic carbocycles. The van der Waals surface area contributed by atoms with E-state index in [0.29, 0.717) is 18.8 Å². The van der Waals surface area contributed by atoms with Crippen LogP contribution in [0.2, 0.25) is 0 Å². The largest absolute Gasteiger partial charge is 0.386 e. The number of rotatable bonds is 2. The topological polar surface area (TPSA) is 53.4 Å². The molecule has 1 N–H and O–H groups in total. The summed E-state index contributed by atoms with van der Waals surface area (Å²) >= 11 is 0. The number of nitrogens with zero attached hydrogens (tertiary/aromatic N) is 2. The van der Waals surface area contributed by atoms with Crippen LogP contribution in [0.25, 0.3) is 0 Å². The van der Waals surface area contributed by atoms with Crippen molar-refractivity contribution in [2.24, 2.45) is 5.92 Å². The summed E-state index contributed by atoms with van der Waals surface area (Å²) in [4.78, 5) is 17.5. The van der Waals surface area contributed by atoms with Crippen molar-refractivity contribution in [2.45, 2.75) is 19.4 Å². The highest BCUT2D eigenvalue weighted by Crippen LogP contribution is 2.29. The Morgan fingerprint density at radius 2 is 2.19 bits per heavy atom. The lowest BCUT2D eigenvalue weighted by molar-refractivity contribution is -0.111. The van der Waals surface area contributed by atoms with E-state index in [1.165, 1.54) is 0 Å². The van der Waals surface area contributed by atoms with Crippen LogP contribution >= 0.6 is 0 Å². The first-order valence-electron chi connectivity index (χ1n) is 5.45. The van der Waals surface area contributed by atoms with Gasteiger partial charge in [0.25, 0.3) is 5.91 Å². The van der Waals surface area contributed by atoms with Crippen LogP contribution < -0.4 is 0 Å². The molecule has 0 aliphatic carbocycles. The van der Waals surface area contributed by atoms with Crippen molar-refractivity contribution in [3.8, 4) is 0 Å². The predicted molar refractivity (Wildman–Crippen MR) is 59.9 cm³/mol. The molecule has 0 spiro atoms. The summed E-state index contributed by atoms with van der Waals surface area (Å²) in [6.45, 7) is 4.73. The van der Waals surface area contributed by atoms with E-state index in [1.54, 1.807) is 29.3 Å². The molecule has 16 heavy (non-hydrogen) atoms. The lowest BCUT2D eigenvalue weighted by Crippen LogP contribution is -2.66. The Morgan fingerprint density at radius 3 is 2.69 bits per heavy atom. The van der Waals surface area contributed by atoms with Gasteiger partial charge in [-0.25, -0.2) is 0 Å². The molecule has 0 saturated carbocycles. The van der Waals surface area contributed by atoms with Crippen LogP contribution in [0.5, 0.6) is 0 Å². The molecule has 4 heteroatoms. The van der Waals surface area contributed by atoms with Gasteiger partial charge < -0.3 is 10.0 Å². The summed E-state index contributed by atoms with van der Waals surface area (Å²) in [6.07, 6.45) is 1.60. The smallest absolute Gasteiger partial charge is 0.272 e. The van der Waals surface area contributed by atoms with Crippen molar-refractivity contribution in [1.29, 1.82) is 0 Å². The van der Waals surface area contributed by atoms with Gasteiger partial charge in [0, 0.05) is 6.20 Å². The zero-order valence-corrected chi connectivity index (χ0v) is 9.55. The standard InChI is InChI=1S/C12H16N2O2/c1-9(2)12(16)7-14(8-12)11(15)10-5-3-4-6-13-10/h3-6,9,16H,7-8H2,1-2H3. The van der Waals surface area contributed by atoms with Gasteiger partial charge in [0.1, 0.15) is 11.3 Å². The molecule has 0 bridgehead atoms. The molecule has 1 aromatic rings. The average Bonchev–Trinajstić information content (AvgIpc) is 2.25. The van der Waals surface area contributed by atoms with Gasteiger partial charge in [0.2, 0.25) is 0 Å². The Hall–Kier alpha value is -1.42. The molecule has 2 heterocycles. The fourth-order valence-electron chi connectivity index (χ4n) is 1.77. The van der Waals surface area contributed by atoms with Gasteiger partial charge in [0.15, 0.2) is 0 Å². The molecule has 1 saturated heterocycles. The summed E-state index contributed by atoms with van der Waals surface area (Å²) in [5.41, 5.74) is -0.280. The Morgan fingerprint density at radius 1 is 1.50 bits per heavy atom. The zero-order chi connectivity index (χ0) is 11.8. The first kappa shape index (κ1) is 11.1. The SMILES string of the molecule is CC(C)C1(O)CN(C(=O)c2ccccn2)C1. The van der Waals surface area contributed by atoms with Crippen LogP contribution in [0.4, 0.5) is 0 Å². The van der Waals surface area contributed by atoms with E-state index in [0.717, 1.165) is 0 Å². The number of pyridine rings is 1. The normalized spacial score (nSPS) is 18.4. The Balaban J connectivity index is 2.01. The summed E-state index contributed by atoms with van der Waals surface area (Å²) in [5.74, 6) is 0.0613. The van der Waals surface area contributed by atoms with Crippen molar-refractivity contribution in [3.05, 3.63) is 30.1 Å². The summed E-state index contributed by atoms with van der Waals surface area (Å²) in [7, 11) is 0. The van der Waals surface area contributed by atoms with E-state index in [9.17, 15) is 9.90 Å². The van der Waals surface area contributed by atoms with Crippen molar-refractivity contribution >= 4 is 5.91 Å². The molecular formula is C12H16N2O2. The quantitative estimate of drug-likeness (QED) is 0.806. The molecule has 1 aliphatic heterocycles. The third-order valence-corrected chi connectivity index (χ3v) is 3.18. The second-order valence-electron chi connectivity index (χ2n) is 4.63. The molecule has 1 amide bonds. The van der Waals surface area contributed by atoms with Crippen LogP contribution in [0, 0.1) is 5.92 Å². The number of aromatic nitrogens is 1. The molecule has 86 valence electrons. The maximum absolute atomic E-state index is 11.9. The Labute approximate surface area is 94.9 Å². The minimum atomic E-state index is -0.718. The number of aliphatic hydroxyl groups is 1. The number of carbonyl (C=O) groups is 1. The maximum Gasteiger partial charge on any atom is 0.272 e. The molecule has 2 rings (SSSR count). The maximum atomic E-state index is 11.9. The fraction of sp³-hybridized carbons (Fsp3) is 0.500. The second kappa shape index (κ2) is 3.87. The highest BCUT2D eigenvalue weighted by molar-refractivity contribution is 5.93. The Bertz CT molecular complexity index is 383. The van der Waals surface area contributed by atoms with E-state index in [-0.39, 0.29) is 11.8 Å². The highest BCUT2D eigenvalue weighted by Gasteiger charge is 2.46. The molecule has 0 atom stereocenters. The zero-order valence-electron chi connectivity index (χ0n) is 9.55. The molecular weight excluding hydrogens is 204 g/mol. The van der Waals surface area contributed by atoms with Gasteiger partial charge in [-0.1, -0.05) is 19.9 Å². The minimum absolute atomic E-state index is 0.106. The first-order chi connectivity index (χ1) is 7.53. The summed E-state index contributed by atoms with van der Waals surface area (Å²) in [5, 5.41) is 10.0. The number of β-amino-alcohol motifs (C(OH)–C–C–N with tert-alkyl or cyclic N) is 1. The predicted octanol–water partition coefficient (Wildman–Crippen LogP) is 0.925. The first-order valence-corrected chi connectivity index (χ1v) is 5.45. The second-order valence-corrected chi connectivity index (χ2v) is 4.63. The van der Waals surface area contributed by atoms with Gasteiger partial charge in [-0.2, -0.15) is 0 Å². The van der Waals surface area contributed by atoms with E-state index in [4.69, 9.17) is 0 Å². The number of hydrogen-bond donors (Lipinski definition) is 1. The van der Waals surface area contributed by atoms with Crippen LogP contribution in [-0.2, 0) is 0 Å². The van der Waals surface area contributed by atoms with Gasteiger partial charge in [0.05, 0.1) is 13.1 Å². The van der Waals surface area contributed by atoms with Crippen LogP contribution in [0.3, 0.4) is 0 Å². The molecule has 1 fully saturated rings. The van der Waals surface area contributed by atoms with E-state index in [1.807, 2.05) is 13.8 Å². The fourth-order valence-corrected chi connectivity index (χ4v) is 1.77. The van der Waals surface area contributed by atoms with E-state index >= 15 is 0 Å². The lowest BCUT2D eigenvalue weighted by atomic mass is 9.83. The molecule has 0 radical (unpaired) electrons. The molecule has 0 unspecified atom stereocenters. The van der Waals surface area contributed by atoms with E-state index in [2.05, 4.69) is 4.98 Å². The van der Waals surface area contributed by atoms with E-state index < -0.39 is 5.60 Å². The Kier molecular flexibility index (Phi) is 2.68. The third kappa shape index (κ3) is 1.80. The molecule has 1 aliphatic rings. The van der Waals surface area contributed by atoms with Crippen molar-refractivity contribution < 1.29 is 9.90 Å². The average molecular weight is 220 g/mol. The molecule has 4 nitrogen and oxygen atoms in total. The third-order valence-electron chi connectivity index (χ3n) is 3.18.